The topological polar surface area (TPSA) is 92.9 Å². The number of nitrogens with zero attached hydrogens (tertiary/aromatic N) is 2. The van der Waals surface area contributed by atoms with Crippen molar-refractivity contribution in [3.05, 3.63) is 81.3 Å². The van der Waals surface area contributed by atoms with Gasteiger partial charge in [0.2, 0.25) is 5.91 Å². The molecule has 8 heteroatoms. The number of carbonyl (C=O) groups is 3. The second-order valence-corrected chi connectivity index (χ2v) is 11.1. The minimum Gasteiger partial charge on any atom is -0.462 e. The van der Waals surface area contributed by atoms with Crippen molar-refractivity contribution >= 4 is 40.6 Å². The highest BCUT2D eigenvalue weighted by molar-refractivity contribution is 6.31. The smallest absolute Gasteiger partial charge is 0.339 e. The third kappa shape index (κ3) is 3.44. The van der Waals surface area contributed by atoms with E-state index in [-0.39, 0.29) is 35.8 Å². The number of nitrogens with two attached hydrogens (primary N) is 1. The van der Waals surface area contributed by atoms with Crippen LogP contribution in [0.2, 0.25) is 5.02 Å². The maximum atomic E-state index is 14.3. The lowest BCUT2D eigenvalue weighted by Gasteiger charge is -2.47. The Hall–Kier alpha value is -3.58. The molecule has 2 heterocycles. The van der Waals surface area contributed by atoms with E-state index in [9.17, 15) is 14.4 Å². The molecule has 3 aliphatic rings. The molecule has 0 bridgehead atoms. The van der Waals surface area contributed by atoms with Crippen molar-refractivity contribution in [1.29, 1.82) is 0 Å². The fourth-order valence-corrected chi connectivity index (χ4v) is 6.25. The van der Waals surface area contributed by atoms with Gasteiger partial charge in [0.05, 0.1) is 12.3 Å². The van der Waals surface area contributed by atoms with Crippen molar-refractivity contribution in [2.24, 2.45) is 11.1 Å². The fraction of sp³-hybridized carbons (Fsp3) is 0.345. The summed E-state index contributed by atoms with van der Waals surface area (Å²) in [7, 11) is 1.65. The molecule has 0 aromatic heterocycles. The van der Waals surface area contributed by atoms with Gasteiger partial charge in [0.1, 0.15) is 16.8 Å². The SMILES string of the molecule is CCOC(=O)C1=C(N)N(c2cc(Cl)ccc2C)C2=C(C(=O)CC(C)(C)C2)C12C(=O)N(C)c1ccccc12. The Bertz CT molecular complexity index is 1440. The van der Waals surface area contributed by atoms with E-state index in [2.05, 4.69) is 0 Å². The molecule has 1 unspecified atom stereocenters. The molecule has 1 amide bonds. The van der Waals surface area contributed by atoms with E-state index in [4.69, 9.17) is 22.1 Å². The summed E-state index contributed by atoms with van der Waals surface area (Å²) >= 11 is 6.40. The van der Waals surface area contributed by atoms with Gasteiger partial charge in [-0.3, -0.25) is 14.5 Å². The maximum Gasteiger partial charge on any atom is 0.339 e. The minimum absolute atomic E-state index is 0.0395. The zero-order valence-electron chi connectivity index (χ0n) is 21.6. The number of anilines is 2. The Kier molecular flexibility index (Phi) is 5.75. The van der Waals surface area contributed by atoms with Gasteiger partial charge >= 0.3 is 5.97 Å². The van der Waals surface area contributed by atoms with Crippen LogP contribution in [-0.4, -0.2) is 31.3 Å². The van der Waals surface area contributed by atoms with Crippen molar-refractivity contribution in [1.82, 2.24) is 0 Å². The van der Waals surface area contributed by atoms with Crippen LogP contribution in [0.25, 0.3) is 0 Å². The van der Waals surface area contributed by atoms with Crippen LogP contribution < -0.4 is 15.5 Å². The highest BCUT2D eigenvalue weighted by Crippen LogP contribution is 2.58. The Balaban J connectivity index is 1.96. The van der Waals surface area contributed by atoms with Crippen molar-refractivity contribution < 1.29 is 19.1 Å². The number of allylic oxidation sites excluding steroid dienone is 1. The molecular weight excluding hydrogens is 490 g/mol. The van der Waals surface area contributed by atoms with Crippen LogP contribution in [0.4, 0.5) is 11.4 Å². The van der Waals surface area contributed by atoms with E-state index in [0.29, 0.717) is 34.1 Å². The predicted octanol–water partition coefficient (Wildman–Crippen LogP) is 4.76. The van der Waals surface area contributed by atoms with Crippen LogP contribution in [-0.2, 0) is 24.5 Å². The number of Topliss-reactive ketones (excluding diaryl/α,β-unsaturated/α-hetero) is 1. The second kappa shape index (κ2) is 8.48. The van der Waals surface area contributed by atoms with E-state index >= 15 is 0 Å². The van der Waals surface area contributed by atoms with Crippen LogP contribution in [0.15, 0.2) is 65.1 Å². The Morgan fingerprint density at radius 2 is 1.81 bits per heavy atom. The number of ether oxygens (including phenoxy) is 1. The number of likely N-dealkylation sites (N-methyl/N-ethyl adjacent to an activating group) is 1. The summed E-state index contributed by atoms with van der Waals surface area (Å²) in [5.41, 5.74) is 8.34. The molecule has 2 N–H and O–H groups in total. The molecule has 7 nitrogen and oxygen atoms in total. The van der Waals surface area contributed by atoms with Crippen molar-refractivity contribution in [2.45, 2.75) is 46.0 Å². The number of amides is 1. The van der Waals surface area contributed by atoms with E-state index in [1.807, 2.05) is 39.0 Å². The van der Waals surface area contributed by atoms with Gasteiger partial charge < -0.3 is 15.4 Å². The Morgan fingerprint density at radius 3 is 2.51 bits per heavy atom. The molecule has 192 valence electrons. The third-order valence-electron chi connectivity index (χ3n) is 7.56. The zero-order valence-corrected chi connectivity index (χ0v) is 22.4. The summed E-state index contributed by atoms with van der Waals surface area (Å²) in [5, 5.41) is 0.483. The molecule has 0 saturated carbocycles. The Morgan fingerprint density at radius 1 is 1.11 bits per heavy atom. The number of hydrogen-bond acceptors (Lipinski definition) is 6. The summed E-state index contributed by atoms with van der Waals surface area (Å²) in [6.07, 6.45) is 0.697. The van der Waals surface area contributed by atoms with Crippen LogP contribution in [0, 0.1) is 12.3 Å². The van der Waals surface area contributed by atoms with Crippen molar-refractivity contribution in [3.8, 4) is 0 Å². The zero-order chi connectivity index (χ0) is 26.9. The summed E-state index contributed by atoms with van der Waals surface area (Å²) < 4.78 is 5.50. The molecule has 0 fully saturated rings. The average molecular weight is 520 g/mol. The number of fused-ring (bicyclic) bond motifs is 3. The number of halogens is 1. The number of esters is 1. The number of rotatable bonds is 3. The molecule has 1 aliphatic carbocycles. The first kappa shape index (κ1) is 25.1. The average Bonchev–Trinajstić information content (AvgIpc) is 3.03. The highest BCUT2D eigenvalue weighted by atomic mass is 35.5. The predicted molar refractivity (Wildman–Crippen MR) is 143 cm³/mol. The van der Waals surface area contributed by atoms with Crippen LogP contribution in [0.5, 0.6) is 0 Å². The molecule has 1 atom stereocenters. The molecule has 37 heavy (non-hydrogen) atoms. The van der Waals surface area contributed by atoms with Crippen LogP contribution in [0.1, 0.15) is 44.7 Å². The first-order chi connectivity index (χ1) is 17.5. The molecule has 2 aromatic carbocycles. The third-order valence-corrected chi connectivity index (χ3v) is 7.79. The van der Waals surface area contributed by atoms with Gasteiger partial charge in [-0.25, -0.2) is 4.79 Å². The van der Waals surface area contributed by atoms with Crippen LogP contribution in [0.3, 0.4) is 0 Å². The van der Waals surface area contributed by atoms with Gasteiger partial charge in [-0.2, -0.15) is 0 Å². The second-order valence-electron chi connectivity index (χ2n) is 10.6. The molecule has 1 spiro atoms. The Labute approximate surface area is 221 Å². The lowest BCUT2D eigenvalue weighted by Crippen LogP contribution is -2.55. The van der Waals surface area contributed by atoms with Gasteiger partial charge in [-0.05, 0) is 49.4 Å². The summed E-state index contributed by atoms with van der Waals surface area (Å²) in [4.78, 5) is 45.5. The largest absolute Gasteiger partial charge is 0.462 e. The van der Waals surface area contributed by atoms with Crippen molar-refractivity contribution in [3.63, 3.8) is 0 Å². The molecular formula is C29H30ClN3O4. The molecule has 2 aliphatic heterocycles. The molecule has 0 saturated heterocycles. The lowest BCUT2D eigenvalue weighted by molar-refractivity contribution is -0.140. The summed E-state index contributed by atoms with van der Waals surface area (Å²) in [5.74, 6) is -1.26. The lowest BCUT2D eigenvalue weighted by atomic mass is 9.60. The summed E-state index contributed by atoms with van der Waals surface area (Å²) in [6.45, 7) is 7.72. The van der Waals surface area contributed by atoms with Gasteiger partial charge in [0.25, 0.3) is 0 Å². The first-order valence-electron chi connectivity index (χ1n) is 12.3. The van der Waals surface area contributed by atoms with Gasteiger partial charge in [-0.15, -0.1) is 0 Å². The van der Waals surface area contributed by atoms with E-state index < -0.39 is 22.7 Å². The van der Waals surface area contributed by atoms with E-state index in [1.54, 1.807) is 43.1 Å². The maximum absolute atomic E-state index is 14.3. The van der Waals surface area contributed by atoms with Gasteiger partial charge in [0, 0.05) is 41.0 Å². The van der Waals surface area contributed by atoms with Crippen LogP contribution >= 0.6 is 11.6 Å². The van der Waals surface area contributed by atoms with Gasteiger partial charge in [0.15, 0.2) is 5.78 Å². The number of carbonyl (C=O) groups excluding carboxylic acids is 3. The fourth-order valence-electron chi connectivity index (χ4n) is 6.08. The number of benzene rings is 2. The van der Waals surface area contributed by atoms with E-state index in [1.165, 1.54) is 4.90 Å². The van der Waals surface area contributed by atoms with Gasteiger partial charge in [-0.1, -0.05) is 49.7 Å². The number of para-hydroxylation sites is 1. The number of ketones is 1. The monoisotopic (exact) mass is 519 g/mol. The highest BCUT2D eigenvalue weighted by Gasteiger charge is 2.64. The number of aryl methyl sites for hydroxylation is 1. The minimum atomic E-state index is -1.70. The standard InChI is InChI=1S/C29H30ClN3O4/c1-6-37-26(35)24-25(31)33(20-13-17(30)12-11-16(20)2)21-14-28(3,4)15-22(34)23(21)29(24)18-9-7-8-10-19(18)32(5)27(29)36/h7-13H,6,14-15,31H2,1-5H3. The normalized spacial score (nSPS) is 22.5. The first-order valence-corrected chi connectivity index (χ1v) is 12.7. The number of hydrogen-bond donors (Lipinski definition) is 1. The quantitative estimate of drug-likeness (QED) is 0.588. The van der Waals surface area contributed by atoms with Crippen molar-refractivity contribution in [2.75, 3.05) is 23.5 Å². The molecule has 5 rings (SSSR count). The van der Waals surface area contributed by atoms with E-state index in [0.717, 1.165) is 5.56 Å². The molecule has 2 aromatic rings. The summed E-state index contributed by atoms with van der Waals surface area (Å²) in [6, 6.07) is 12.6. The molecule has 0 radical (unpaired) electrons.